The zero-order valence-electron chi connectivity index (χ0n) is 20.9. The molecule has 1 aliphatic heterocycles. The number of hydrogen-bond donors (Lipinski definition) is 2. The smallest absolute Gasteiger partial charge is 0.454 e. The molecule has 0 unspecified atom stereocenters. The van der Waals surface area contributed by atoms with Crippen LogP contribution in [-0.2, 0) is 0 Å². The first-order valence-electron chi connectivity index (χ1n) is 12.0. The maximum absolute atomic E-state index is 14.4. The molecule has 1 aromatic carbocycles. The summed E-state index contributed by atoms with van der Waals surface area (Å²) in [5, 5.41) is 10.2. The second-order valence-corrected chi connectivity index (χ2v) is 10.4. The topological polar surface area (TPSA) is 65.4 Å². The molecule has 1 aliphatic rings. The van der Waals surface area contributed by atoms with Crippen LogP contribution < -0.4 is 10.1 Å². The van der Waals surface area contributed by atoms with Crippen LogP contribution in [0, 0.1) is 23.1 Å². The molecule has 0 aromatic heterocycles. The van der Waals surface area contributed by atoms with E-state index in [1.54, 1.807) is 20.8 Å². The van der Waals surface area contributed by atoms with Crippen molar-refractivity contribution in [2.45, 2.75) is 70.5 Å². The van der Waals surface area contributed by atoms with Crippen LogP contribution in [0.1, 0.15) is 63.2 Å². The van der Waals surface area contributed by atoms with Crippen LogP contribution in [0.15, 0.2) is 18.2 Å². The second-order valence-electron chi connectivity index (χ2n) is 10.4. The summed E-state index contributed by atoms with van der Waals surface area (Å²) in [6.07, 6.45) is -1.56. The molecule has 0 aliphatic carbocycles. The Kier molecular flexibility index (Phi) is 10.2. The Morgan fingerprint density at radius 2 is 1.83 bits per heavy atom. The highest BCUT2D eigenvalue weighted by molar-refractivity contribution is 5.95. The molecule has 36 heavy (non-hydrogen) atoms. The lowest BCUT2D eigenvalue weighted by Gasteiger charge is -2.37. The first-order valence-corrected chi connectivity index (χ1v) is 12.0. The van der Waals surface area contributed by atoms with Crippen LogP contribution in [0.5, 0.6) is 5.75 Å². The van der Waals surface area contributed by atoms with Gasteiger partial charge in [0, 0.05) is 11.6 Å². The van der Waals surface area contributed by atoms with Crippen molar-refractivity contribution in [3.8, 4) is 5.75 Å². The molecule has 0 radical (unpaired) electrons. The Morgan fingerprint density at radius 3 is 2.36 bits per heavy atom. The van der Waals surface area contributed by atoms with Crippen molar-refractivity contribution in [2.75, 3.05) is 26.2 Å². The minimum Gasteiger partial charge on any atom is -0.493 e. The van der Waals surface area contributed by atoms with E-state index < -0.39 is 35.9 Å². The summed E-state index contributed by atoms with van der Waals surface area (Å²) in [5.74, 6) is -5.48. The van der Waals surface area contributed by atoms with Crippen molar-refractivity contribution < 1.29 is 35.9 Å². The van der Waals surface area contributed by atoms with Gasteiger partial charge in [-0.05, 0) is 96.1 Å². The molecule has 0 spiro atoms. The largest absolute Gasteiger partial charge is 0.493 e. The number of alkyl halides is 5. The summed E-state index contributed by atoms with van der Waals surface area (Å²) in [6, 6.07) is 4.03. The number of carbonyl (C=O) groups is 1. The lowest BCUT2D eigenvalue weighted by molar-refractivity contribution is -0.287. The van der Waals surface area contributed by atoms with Gasteiger partial charge in [0.2, 0.25) is 0 Å². The van der Waals surface area contributed by atoms with Gasteiger partial charge in [-0.1, -0.05) is 0 Å². The Bertz CT molecular complexity index is 878. The normalized spacial score (nSPS) is 17.0. The van der Waals surface area contributed by atoms with Gasteiger partial charge in [0.05, 0.1) is 18.7 Å². The molecule has 1 atom stereocenters. The third-order valence-corrected chi connectivity index (χ3v) is 6.22. The Morgan fingerprint density at radius 1 is 1.19 bits per heavy atom. The number of carbonyl (C=O) groups excluding carboxylic acids is 1. The highest BCUT2D eigenvalue weighted by atomic mass is 19.4. The molecule has 1 fully saturated rings. The van der Waals surface area contributed by atoms with Crippen molar-refractivity contribution in [1.82, 2.24) is 10.2 Å². The number of nitrogens with one attached hydrogen (secondary N) is 2. The molecule has 0 saturated carbocycles. The summed E-state index contributed by atoms with van der Waals surface area (Å²) in [7, 11) is 0. The quantitative estimate of drug-likeness (QED) is 0.210. The van der Waals surface area contributed by atoms with Crippen LogP contribution >= 0.6 is 0 Å². The molecule has 5 nitrogen and oxygen atoms in total. The monoisotopic (exact) mass is 523 g/mol. The second kappa shape index (κ2) is 12.3. The molecule has 1 amide bonds. The molecule has 204 valence electrons. The van der Waals surface area contributed by atoms with Gasteiger partial charge < -0.3 is 15.5 Å². The van der Waals surface area contributed by atoms with Crippen molar-refractivity contribution in [3.63, 3.8) is 0 Å². The van der Waals surface area contributed by atoms with E-state index >= 15 is 0 Å². The average Bonchev–Trinajstić information content (AvgIpc) is 2.74. The number of amides is 1. The van der Waals surface area contributed by atoms with Crippen LogP contribution in [0.3, 0.4) is 0 Å². The van der Waals surface area contributed by atoms with Crippen molar-refractivity contribution in [3.05, 3.63) is 29.6 Å². The summed E-state index contributed by atoms with van der Waals surface area (Å²) in [6.45, 7) is 4.62. The van der Waals surface area contributed by atoms with Crippen molar-refractivity contribution in [1.29, 1.82) is 5.41 Å². The Labute approximate surface area is 208 Å². The number of benzene rings is 1. The van der Waals surface area contributed by atoms with Gasteiger partial charge >= 0.3 is 12.1 Å². The van der Waals surface area contributed by atoms with Crippen molar-refractivity contribution in [2.24, 2.45) is 11.8 Å². The lowest BCUT2D eigenvalue weighted by atomic mass is 9.80. The first-order chi connectivity index (χ1) is 16.6. The van der Waals surface area contributed by atoms with E-state index in [4.69, 9.17) is 10.1 Å². The molecule has 2 N–H and O–H groups in total. The molecule has 0 bridgehead atoms. The fourth-order valence-corrected chi connectivity index (χ4v) is 4.36. The van der Waals surface area contributed by atoms with Gasteiger partial charge in [0.15, 0.2) is 0 Å². The number of ether oxygens (including phenoxy) is 1. The predicted octanol–water partition coefficient (Wildman–Crippen LogP) is 6.08. The molecule has 1 heterocycles. The van der Waals surface area contributed by atoms with E-state index in [-0.39, 0.29) is 42.8 Å². The fourth-order valence-electron chi connectivity index (χ4n) is 4.36. The lowest BCUT2D eigenvalue weighted by Crippen LogP contribution is -2.49. The number of hydrogen-bond acceptors (Lipinski definition) is 4. The zero-order valence-corrected chi connectivity index (χ0v) is 20.9. The number of nitrogens with zero attached hydrogens (tertiary/aromatic N) is 1. The zero-order chi connectivity index (χ0) is 27.1. The molecule has 1 saturated heterocycles. The standard InChI is InChI=1S/C25H35F6N3O2/c1-23(2,3)33-22(35)20-7-6-19(15-21(20)26)36-14-4-5-17(8-11-32)18-9-12-34(13-10-18)16-24(27,28)25(29,30)31/h6-7,11,15,17-18,32H,4-5,8-10,12-14,16H2,1-3H3,(H,33,35)/t17-/m1/s1. The van der Waals surface area contributed by atoms with Crippen LogP contribution in [0.25, 0.3) is 0 Å². The van der Waals surface area contributed by atoms with E-state index in [2.05, 4.69) is 5.32 Å². The SMILES string of the molecule is CC(C)(C)NC(=O)c1ccc(OCCC[C@H](CC=N)C2CCN(CC(F)(F)C(F)(F)F)CC2)cc1F. The molecular weight excluding hydrogens is 488 g/mol. The van der Waals surface area contributed by atoms with Gasteiger partial charge in [0.1, 0.15) is 11.6 Å². The summed E-state index contributed by atoms with van der Waals surface area (Å²) < 4.78 is 84.1. The Balaban J connectivity index is 1.82. The van der Waals surface area contributed by atoms with Gasteiger partial charge in [-0.15, -0.1) is 0 Å². The van der Waals surface area contributed by atoms with E-state index in [1.807, 2.05) is 0 Å². The van der Waals surface area contributed by atoms with E-state index in [9.17, 15) is 31.1 Å². The van der Waals surface area contributed by atoms with Crippen LogP contribution in [0.2, 0.25) is 0 Å². The van der Waals surface area contributed by atoms with Gasteiger partial charge in [-0.3, -0.25) is 9.69 Å². The average molecular weight is 524 g/mol. The summed E-state index contributed by atoms with van der Waals surface area (Å²) in [5.41, 5.74) is -0.584. The number of piperidine rings is 1. The van der Waals surface area contributed by atoms with E-state index in [0.717, 1.165) is 11.0 Å². The number of halogens is 6. The number of rotatable bonds is 11. The maximum atomic E-state index is 14.4. The summed E-state index contributed by atoms with van der Waals surface area (Å²) >= 11 is 0. The molecule has 1 aromatic rings. The van der Waals surface area contributed by atoms with Gasteiger partial charge in [0.25, 0.3) is 5.91 Å². The van der Waals surface area contributed by atoms with Gasteiger partial charge in [-0.2, -0.15) is 22.0 Å². The van der Waals surface area contributed by atoms with Crippen molar-refractivity contribution >= 4 is 12.1 Å². The maximum Gasteiger partial charge on any atom is 0.454 e. The minimum absolute atomic E-state index is 0.0802. The predicted molar refractivity (Wildman–Crippen MR) is 125 cm³/mol. The highest BCUT2D eigenvalue weighted by Crippen LogP contribution is 2.37. The first kappa shape index (κ1) is 29.9. The minimum atomic E-state index is -5.56. The highest BCUT2D eigenvalue weighted by Gasteiger charge is 2.58. The van der Waals surface area contributed by atoms with Crippen LogP contribution in [-0.4, -0.2) is 60.9 Å². The molecule has 2 rings (SSSR count). The van der Waals surface area contributed by atoms with E-state index in [1.165, 1.54) is 18.3 Å². The number of likely N-dealkylation sites (tertiary alicyclic amines) is 1. The fraction of sp³-hybridized carbons (Fsp3) is 0.680. The third kappa shape index (κ3) is 8.97. The van der Waals surface area contributed by atoms with Gasteiger partial charge in [-0.25, -0.2) is 4.39 Å². The van der Waals surface area contributed by atoms with Crippen LogP contribution in [0.4, 0.5) is 26.3 Å². The van der Waals surface area contributed by atoms with E-state index in [0.29, 0.717) is 32.1 Å². The summed E-state index contributed by atoms with van der Waals surface area (Å²) in [4.78, 5) is 13.3. The molecule has 11 heteroatoms. The Hall–Kier alpha value is -2.30. The molecular formula is C25H35F6N3O2. The third-order valence-electron chi connectivity index (χ3n) is 6.22.